The van der Waals surface area contributed by atoms with Gasteiger partial charge in [0, 0.05) is 11.1 Å². The molecule has 30 heavy (non-hydrogen) atoms. The van der Waals surface area contributed by atoms with Gasteiger partial charge in [0.2, 0.25) is 0 Å². The number of hydrogen-bond acceptors (Lipinski definition) is 4. The summed E-state index contributed by atoms with van der Waals surface area (Å²) in [6, 6.07) is 20.3. The Hall–Kier alpha value is -3.09. The standard InChI is InChI=1S/C23H19ClN2O3S/c1-15(16-5-3-2-4-6-16)26-22(27)21(25-23(26)30)13-19-11-12-20(29-19)14-28-18-9-7-17(24)8-10-18/h2-13,15H,14H2,1H3,(H,25,30)/b21-13-. The van der Waals surface area contributed by atoms with Crippen LogP contribution in [0.25, 0.3) is 6.08 Å². The van der Waals surface area contributed by atoms with E-state index in [1.165, 1.54) is 0 Å². The van der Waals surface area contributed by atoms with Crippen molar-refractivity contribution in [1.82, 2.24) is 10.2 Å². The molecule has 2 heterocycles. The third-order valence-electron chi connectivity index (χ3n) is 4.74. The van der Waals surface area contributed by atoms with Gasteiger partial charge in [-0.3, -0.25) is 9.69 Å². The molecule has 0 bridgehead atoms. The molecule has 0 aliphatic carbocycles. The number of nitrogens with one attached hydrogen (secondary N) is 1. The van der Waals surface area contributed by atoms with E-state index in [0.717, 1.165) is 5.56 Å². The van der Waals surface area contributed by atoms with E-state index in [1.807, 2.05) is 43.3 Å². The van der Waals surface area contributed by atoms with Gasteiger partial charge in [0.15, 0.2) is 5.11 Å². The zero-order valence-electron chi connectivity index (χ0n) is 16.2. The van der Waals surface area contributed by atoms with Gasteiger partial charge in [-0.1, -0.05) is 41.9 Å². The molecule has 5 nitrogen and oxygen atoms in total. The summed E-state index contributed by atoms with van der Waals surface area (Å²) >= 11 is 11.3. The number of rotatable bonds is 6. The number of benzene rings is 2. The first-order chi connectivity index (χ1) is 14.5. The Morgan fingerprint density at radius 1 is 1.13 bits per heavy atom. The molecule has 3 aromatic rings. The van der Waals surface area contributed by atoms with E-state index in [4.69, 9.17) is 33.0 Å². The van der Waals surface area contributed by atoms with Crippen LogP contribution < -0.4 is 10.1 Å². The second-order valence-corrected chi connectivity index (χ2v) is 7.62. The number of hydrogen-bond donors (Lipinski definition) is 1. The molecule has 1 N–H and O–H groups in total. The van der Waals surface area contributed by atoms with Gasteiger partial charge in [0.25, 0.3) is 5.91 Å². The largest absolute Gasteiger partial charge is 0.486 e. The minimum Gasteiger partial charge on any atom is -0.486 e. The third-order valence-corrected chi connectivity index (χ3v) is 5.29. The van der Waals surface area contributed by atoms with Gasteiger partial charge in [0.1, 0.15) is 29.6 Å². The quantitative estimate of drug-likeness (QED) is 0.416. The predicted molar refractivity (Wildman–Crippen MR) is 120 cm³/mol. The fourth-order valence-corrected chi connectivity index (χ4v) is 3.64. The lowest BCUT2D eigenvalue weighted by atomic mass is 10.1. The van der Waals surface area contributed by atoms with Crippen LogP contribution in [0.2, 0.25) is 5.02 Å². The molecule has 1 fully saturated rings. The van der Waals surface area contributed by atoms with Crippen molar-refractivity contribution >= 4 is 40.9 Å². The molecule has 1 saturated heterocycles. The Morgan fingerprint density at radius 3 is 2.60 bits per heavy atom. The molecule has 2 aromatic carbocycles. The molecule has 1 aliphatic rings. The molecule has 152 valence electrons. The first-order valence-corrected chi connectivity index (χ1v) is 10.2. The van der Waals surface area contributed by atoms with E-state index in [1.54, 1.807) is 41.3 Å². The smallest absolute Gasteiger partial charge is 0.277 e. The number of carbonyl (C=O) groups excluding carboxylic acids is 1. The lowest BCUT2D eigenvalue weighted by molar-refractivity contribution is -0.123. The summed E-state index contributed by atoms with van der Waals surface area (Å²) in [6.07, 6.45) is 1.65. The van der Waals surface area contributed by atoms with Crippen LogP contribution in [0.1, 0.15) is 30.0 Å². The van der Waals surface area contributed by atoms with Crippen molar-refractivity contribution < 1.29 is 13.9 Å². The van der Waals surface area contributed by atoms with Crippen LogP contribution in [0.15, 0.2) is 76.8 Å². The van der Waals surface area contributed by atoms with E-state index in [-0.39, 0.29) is 18.6 Å². The Morgan fingerprint density at radius 2 is 1.87 bits per heavy atom. The number of thiocarbonyl (C=S) groups is 1. The summed E-state index contributed by atoms with van der Waals surface area (Å²) in [5, 5.41) is 4.02. The lowest BCUT2D eigenvalue weighted by Crippen LogP contribution is -2.33. The van der Waals surface area contributed by atoms with Gasteiger partial charge < -0.3 is 14.5 Å². The van der Waals surface area contributed by atoms with Gasteiger partial charge in [-0.25, -0.2) is 0 Å². The maximum Gasteiger partial charge on any atom is 0.277 e. The van der Waals surface area contributed by atoms with Crippen molar-refractivity contribution in [2.45, 2.75) is 19.6 Å². The molecule has 0 radical (unpaired) electrons. The van der Waals surface area contributed by atoms with E-state index in [2.05, 4.69) is 5.32 Å². The number of amides is 1. The maximum atomic E-state index is 12.9. The van der Waals surface area contributed by atoms with Gasteiger partial charge in [-0.05, 0) is 61.1 Å². The van der Waals surface area contributed by atoms with Crippen molar-refractivity contribution in [3.05, 3.63) is 94.5 Å². The van der Waals surface area contributed by atoms with Crippen LogP contribution >= 0.6 is 23.8 Å². The normalized spacial score (nSPS) is 16.1. The fraction of sp³-hybridized carbons (Fsp3) is 0.130. The number of halogens is 1. The first-order valence-electron chi connectivity index (χ1n) is 9.39. The van der Waals surface area contributed by atoms with Crippen molar-refractivity contribution in [3.63, 3.8) is 0 Å². The second kappa shape index (κ2) is 8.73. The highest BCUT2D eigenvalue weighted by Crippen LogP contribution is 2.26. The Labute approximate surface area is 184 Å². The summed E-state index contributed by atoms with van der Waals surface area (Å²) in [6.45, 7) is 2.21. The summed E-state index contributed by atoms with van der Waals surface area (Å²) in [4.78, 5) is 14.5. The highest BCUT2D eigenvalue weighted by atomic mass is 35.5. The Kier molecular flexibility index (Phi) is 5.88. The van der Waals surface area contributed by atoms with Crippen molar-refractivity contribution in [1.29, 1.82) is 0 Å². The van der Waals surface area contributed by atoms with Gasteiger partial charge in [-0.15, -0.1) is 0 Å². The Bertz CT molecular complexity index is 1090. The molecule has 1 aliphatic heterocycles. The molecule has 7 heteroatoms. The molecular formula is C23H19ClN2O3S. The molecule has 1 unspecified atom stereocenters. The van der Waals surface area contributed by atoms with E-state index < -0.39 is 0 Å². The lowest BCUT2D eigenvalue weighted by Gasteiger charge is -2.23. The van der Waals surface area contributed by atoms with Gasteiger partial charge in [0.05, 0.1) is 6.04 Å². The van der Waals surface area contributed by atoms with Crippen molar-refractivity contribution in [2.24, 2.45) is 0 Å². The van der Waals surface area contributed by atoms with Crippen molar-refractivity contribution in [2.75, 3.05) is 0 Å². The summed E-state index contributed by atoms with van der Waals surface area (Å²) in [5.41, 5.74) is 1.39. The SMILES string of the molecule is CC(c1ccccc1)N1C(=O)/C(=C/c2ccc(COc3ccc(Cl)cc3)o2)NC1=S. The molecule has 1 atom stereocenters. The average Bonchev–Trinajstić information content (AvgIpc) is 3.31. The Balaban J connectivity index is 1.44. The molecule has 0 saturated carbocycles. The highest BCUT2D eigenvalue weighted by molar-refractivity contribution is 7.80. The van der Waals surface area contributed by atoms with E-state index in [9.17, 15) is 4.79 Å². The molecule has 0 spiro atoms. The zero-order chi connectivity index (χ0) is 21.1. The molecular weight excluding hydrogens is 420 g/mol. The number of ether oxygens (including phenoxy) is 1. The maximum absolute atomic E-state index is 12.9. The summed E-state index contributed by atoms with van der Waals surface area (Å²) < 4.78 is 11.5. The third kappa shape index (κ3) is 4.40. The van der Waals surface area contributed by atoms with Gasteiger partial charge >= 0.3 is 0 Å². The van der Waals surface area contributed by atoms with Crippen LogP contribution in [-0.2, 0) is 11.4 Å². The van der Waals surface area contributed by atoms with Crippen molar-refractivity contribution in [3.8, 4) is 5.75 Å². The highest BCUT2D eigenvalue weighted by Gasteiger charge is 2.35. The first kappa shape index (κ1) is 20.2. The van der Waals surface area contributed by atoms with Crippen LogP contribution in [0.3, 0.4) is 0 Å². The number of nitrogens with zero attached hydrogens (tertiary/aromatic N) is 1. The molecule has 1 amide bonds. The van der Waals surface area contributed by atoms with Crippen LogP contribution in [0.5, 0.6) is 5.75 Å². The fourth-order valence-electron chi connectivity index (χ4n) is 3.16. The minimum absolute atomic E-state index is 0.176. The van der Waals surface area contributed by atoms with Gasteiger partial charge in [-0.2, -0.15) is 0 Å². The van der Waals surface area contributed by atoms with E-state index in [0.29, 0.717) is 33.1 Å². The monoisotopic (exact) mass is 438 g/mol. The van der Waals surface area contributed by atoms with Crippen LogP contribution in [0.4, 0.5) is 0 Å². The number of furan rings is 1. The molecule has 1 aromatic heterocycles. The minimum atomic E-state index is -0.188. The number of carbonyl (C=O) groups is 1. The summed E-state index contributed by atoms with van der Waals surface area (Å²) in [5.74, 6) is 1.68. The molecule has 4 rings (SSSR count). The topological polar surface area (TPSA) is 54.7 Å². The second-order valence-electron chi connectivity index (χ2n) is 6.80. The average molecular weight is 439 g/mol. The van der Waals surface area contributed by atoms with E-state index >= 15 is 0 Å². The summed E-state index contributed by atoms with van der Waals surface area (Å²) in [7, 11) is 0. The zero-order valence-corrected chi connectivity index (χ0v) is 17.7. The van der Waals surface area contributed by atoms with Crippen LogP contribution in [-0.4, -0.2) is 15.9 Å². The predicted octanol–water partition coefficient (Wildman–Crippen LogP) is 5.33. The van der Waals surface area contributed by atoms with Crippen LogP contribution in [0, 0.1) is 0 Å².